The van der Waals surface area contributed by atoms with E-state index >= 15 is 0 Å². The fraction of sp³-hybridized carbons (Fsp3) is 0.0769. The highest BCUT2D eigenvalue weighted by Gasteiger charge is 2.18. The van der Waals surface area contributed by atoms with Gasteiger partial charge in [-0.2, -0.15) is 9.78 Å². The lowest BCUT2D eigenvalue weighted by Gasteiger charge is -1.99. The summed E-state index contributed by atoms with van der Waals surface area (Å²) in [5.74, 6) is -0.106. The summed E-state index contributed by atoms with van der Waals surface area (Å²) in [4.78, 5) is 12.3. The Morgan fingerprint density at radius 2 is 2.26 bits per heavy atom. The summed E-state index contributed by atoms with van der Waals surface area (Å²) in [5, 5.41) is 4.81. The van der Waals surface area contributed by atoms with Crippen molar-refractivity contribution in [2.75, 3.05) is 5.73 Å². The summed E-state index contributed by atoms with van der Waals surface area (Å²) >= 11 is 3.42. The number of furan rings is 1. The number of halogens is 1. The molecule has 2 heterocycles. The molecule has 0 atom stereocenters. The van der Waals surface area contributed by atoms with Crippen molar-refractivity contribution in [1.29, 1.82) is 0 Å². The second-order valence-corrected chi connectivity index (χ2v) is 5.02. The van der Waals surface area contributed by atoms with Crippen LogP contribution in [0.4, 0.5) is 5.69 Å². The van der Waals surface area contributed by atoms with Gasteiger partial charge >= 0.3 is 5.91 Å². The lowest BCUT2D eigenvalue weighted by atomic mass is 10.2. The molecule has 0 aliphatic rings. The zero-order chi connectivity index (χ0) is 13.6. The van der Waals surface area contributed by atoms with Crippen LogP contribution in [0.3, 0.4) is 0 Å². The first-order chi connectivity index (χ1) is 9.08. The molecule has 0 fully saturated rings. The Kier molecular flexibility index (Phi) is 2.67. The fourth-order valence-corrected chi connectivity index (χ4v) is 2.32. The van der Waals surface area contributed by atoms with Crippen LogP contribution in [-0.4, -0.2) is 15.7 Å². The Labute approximate surface area is 117 Å². The van der Waals surface area contributed by atoms with E-state index in [9.17, 15) is 4.79 Å². The summed E-state index contributed by atoms with van der Waals surface area (Å²) in [6, 6.07) is 7.24. The van der Waals surface area contributed by atoms with Crippen molar-refractivity contribution < 1.29 is 9.21 Å². The van der Waals surface area contributed by atoms with Crippen LogP contribution in [-0.2, 0) is 0 Å². The van der Waals surface area contributed by atoms with Gasteiger partial charge in [0.1, 0.15) is 5.58 Å². The molecule has 5 nitrogen and oxygen atoms in total. The van der Waals surface area contributed by atoms with Crippen LogP contribution < -0.4 is 5.73 Å². The molecule has 0 radical (unpaired) electrons. The maximum absolute atomic E-state index is 12.3. The molecule has 2 N–H and O–H groups in total. The number of rotatable bonds is 1. The van der Waals surface area contributed by atoms with Gasteiger partial charge in [-0.15, -0.1) is 0 Å². The Morgan fingerprint density at radius 3 is 2.89 bits per heavy atom. The standard InChI is InChI=1S/C13H10BrN3O2/c1-7-10(15)6-16-17(7)13(18)12-5-8-9(14)3-2-4-11(8)19-12/h2-6H,15H2,1H3. The first-order valence-corrected chi connectivity index (χ1v) is 6.40. The van der Waals surface area contributed by atoms with Crippen LogP contribution in [0.1, 0.15) is 16.2 Å². The molecule has 3 aromatic rings. The fourth-order valence-electron chi connectivity index (χ4n) is 1.86. The van der Waals surface area contributed by atoms with Crippen molar-refractivity contribution in [3.05, 3.63) is 46.4 Å². The monoisotopic (exact) mass is 319 g/mol. The Balaban J connectivity index is 2.12. The van der Waals surface area contributed by atoms with Crippen molar-refractivity contribution in [2.24, 2.45) is 0 Å². The number of nitrogen functional groups attached to an aromatic ring is 1. The average Bonchev–Trinajstić information content (AvgIpc) is 2.95. The largest absolute Gasteiger partial charge is 0.451 e. The van der Waals surface area contributed by atoms with E-state index in [1.807, 2.05) is 12.1 Å². The molecule has 0 saturated carbocycles. The lowest BCUT2D eigenvalue weighted by Crippen LogP contribution is -2.14. The van der Waals surface area contributed by atoms with Gasteiger partial charge in [0.2, 0.25) is 0 Å². The number of anilines is 1. The summed E-state index contributed by atoms with van der Waals surface area (Å²) in [5.41, 5.74) is 7.41. The van der Waals surface area contributed by atoms with Gasteiger partial charge in [-0.1, -0.05) is 22.0 Å². The predicted octanol–water partition coefficient (Wildman–Crippen LogP) is 2.97. The topological polar surface area (TPSA) is 74.0 Å². The van der Waals surface area contributed by atoms with Crippen LogP contribution in [0, 0.1) is 6.92 Å². The summed E-state index contributed by atoms with van der Waals surface area (Å²) in [6.45, 7) is 1.73. The van der Waals surface area contributed by atoms with Crippen LogP contribution in [0.25, 0.3) is 11.0 Å². The van der Waals surface area contributed by atoms with Gasteiger partial charge in [0.25, 0.3) is 0 Å². The van der Waals surface area contributed by atoms with Crippen LogP contribution >= 0.6 is 15.9 Å². The summed E-state index contributed by atoms with van der Waals surface area (Å²) in [7, 11) is 0. The second-order valence-electron chi connectivity index (χ2n) is 4.16. The number of nitrogens with zero attached hydrogens (tertiary/aromatic N) is 2. The zero-order valence-corrected chi connectivity index (χ0v) is 11.6. The van der Waals surface area contributed by atoms with E-state index in [-0.39, 0.29) is 11.7 Å². The van der Waals surface area contributed by atoms with Crippen molar-refractivity contribution in [3.63, 3.8) is 0 Å². The third kappa shape index (κ3) is 1.84. The number of hydrogen-bond acceptors (Lipinski definition) is 4. The van der Waals surface area contributed by atoms with E-state index in [0.717, 1.165) is 9.86 Å². The number of hydrogen-bond donors (Lipinski definition) is 1. The normalized spacial score (nSPS) is 11.1. The number of nitrogens with two attached hydrogens (primary N) is 1. The van der Waals surface area contributed by atoms with Gasteiger partial charge in [0.05, 0.1) is 17.6 Å². The van der Waals surface area contributed by atoms with Crippen molar-refractivity contribution in [3.8, 4) is 0 Å². The van der Waals surface area contributed by atoms with Gasteiger partial charge in [0.15, 0.2) is 5.76 Å². The highest BCUT2D eigenvalue weighted by atomic mass is 79.9. The van der Waals surface area contributed by atoms with Crippen LogP contribution in [0.15, 0.2) is 39.4 Å². The smallest absolute Gasteiger partial charge is 0.314 e. The minimum Gasteiger partial charge on any atom is -0.451 e. The Bertz CT molecular complexity index is 788. The molecular weight excluding hydrogens is 310 g/mol. The van der Waals surface area contributed by atoms with Gasteiger partial charge in [-0.05, 0) is 25.1 Å². The molecule has 0 amide bonds. The van der Waals surface area contributed by atoms with Gasteiger partial charge < -0.3 is 10.2 Å². The molecule has 2 aromatic heterocycles. The van der Waals surface area contributed by atoms with Crippen molar-refractivity contribution in [2.45, 2.75) is 6.92 Å². The zero-order valence-electron chi connectivity index (χ0n) is 10.1. The number of carbonyl (C=O) groups excluding carboxylic acids is 1. The average molecular weight is 320 g/mol. The van der Waals surface area contributed by atoms with E-state index in [1.54, 1.807) is 19.1 Å². The van der Waals surface area contributed by atoms with E-state index in [0.29, 0.717) is 17.0 Å². The molecule has 3 rings (SSSR count). The second kappa shape index (κ2) is 4.24. The molecule has 96 valence electrons. The van der Waals surface area contributed by atoms with Gasteiger partial charge in [-0.25, -0.2) is 0 Å². The molecule has 19 heavy (non-hydrogen) atoms. The molecule has 0 aliphatic heterocycles. The first-order valence-electron chi connectivity index (χ1n) is 5.61. The van der Waals surface area contributed by atoms with E-state index in [2.05, 4.69) is 21.0 Å². The number of aromatic nitrogens is 2. The number of fused-ring (bicyclic) bond motifs is 1. The molecular formula is C13H10BrN3O2. The maximum Gasteiger partial charge on any atom is 0.314 e. The van der Waals surface area contributed by atoms with Gasteiger partial charge in [-0.3, -0.25) is 4.79 Å². The highest BCUT2D eigenvalue weighted by molar-refractivity contribution is 9.10. The van der Waals surface area contributed by atoms with Crippen LogP contribution in [0.2, 0.25) is 0 Å². The third-order valence-corrected chi connectivity index (χ3v) is 3.65. The first kappa shape index (κ1) is 12.0. The van der Waals surface area contributed by atoms with E-state index < -0.39 is 0 Å². The van der Waals surface area contributed by atoms with Crippen molar-refractivity contribution in [1.82, 2.24) is 9.78 Å². The lowest BCUT2D eigenvalue weighted by molar-refractivity contribution is 0.0917. The summed E-state index contributed by atoms with van der Waals surface area (Å²) in [6.07, 6.45) is 1.45. The molecule has 0 spiro atoms. The van der Waals surface area contributed by atoms with E-state index in [4.69, 9.17) is 10.2 Å². The SMILES string of the molecule is Cc1c(N)cnn1C(=O)c1cc2c(Br)cccc2o1. The van der Waals surface area contributed by atoms with E-state index in [1.165, 1.54) is 10.9 Å². The maximum atomic E-state index is 12.3. The number of benzene rings is 1. The minimum absolute atomic E-state index is 0.230. The molecule has 0 unspecified atom stereocenters. The molecule has 0 aliphatic carbocycles. The molecule has 6 heteroatoms. The molecule has 0 bridgehead atoms. The number of carbonyl (C=O) groups is 1. The summed E-state index contributed by atoms with van der Waals surface area (Å²) < 4.78 is 7.66. The minimum atomic E-state index is -0.336. The molecule has 0 saturated heterocycles. The van der Waals surface area contributed by atoms with Crippen LogP contribution in [0.5, 0.6) is 0 Å². The van der Waals surface area contributed by atoms with Crippen molar-refractivity contribution >= 4 is 38.5 Å². The third-order valence-electron chi connectivity index (χ3n) is 2.96. The van der Waals surface area contributed by atoms with Gasteiger partial charge in [0, 0.05) is 9.86 Å². The highest BCUT2D eigenvalue weighted by Crippen LogP contribution is 2.27. The Morgan fingerprint density at radius 1 is 1.47 bits per heavy atom. The Hall–Kier alpha value is -2.08. The predicted molar refractivity (Wildman–Crippen MR) is 75.0 cm³/mol. The molecule has 1 aromatic carbocycles. The quantitative estimate of drug-likeness (QED) is 0.748.